The van der Waals surface area contributed by atoms with Crippen LogP contribution in [0, 0.1) is 0 Å². The highest BCUT2D eigenvalue weighted by atomic mass is 35.5. The Bertz CT molecular complexity index is 739. The number of ether oxygens (including phenoxy) is 2. The Morgan fingerprint density at radius 3 is 2.72 bits per heavy atom. The molecule has 1 aliphatic rings. The van der Waals surface area contributed by atoms with E-state index < -0.39 is 13.7 Å². The molecule has 0 aromatic carbocycles. The Balaban J connectivity index is 1.91. The van der Waals surface area contributed by atoms with Gasteiger partial charge in [-0.3, -0.25) is 0 Å². The first-order valence-electron chi connectivity index (χ1n) is 8.68. The van der Waals surface area contributed by atoms with E-state index in [-0.39, 0.29) is 0 Å². The van der Waals surface area contributed by atoms with Crippen molar-refractivity contribution in [2.45, 2.75) is 50.9 Å². The molecule has 0 aliphatic carbocycles. The second-order valence-corrected chi connectivity index (χ2v) is 13.8. The molecular formula is C17H26ClN3O3Si. The highest BCUT2D eigenvalue weighted by Gasteiger charge is 2.36. The maximum absolute atomic E-state index is 11.2. The first kappa shape index (κ1) is 18.8. The summed E-state index contributed by atoms with van der Waals surface area (Å²) in [5, 5.41) is 12.3. The van der Waals surface area contributed by atoms with Crippen molar-refractivity contribution >= 4 is 30.7 Å². The van der Waals surface area contributed by atoms with Crippen LogP contribution in [0.15, 0.2) is 12.4 Å². The lowest BCUT2D eigenvalue weighted by molar-refractivity contribution is -0.0749. The summed E-state index contributed by atoms with van der Waals surface area (Å²) in [6, 6.07) is 2.99. The molecule has 8 heteroatoms. The van der Waals surface area contributed by atoms with Crippen LogP contribution < -0.4 is 0 Å². The predicted molar refractivity (Wildman–Crippen MR) is 101 cm³/mol. The number of aromatic nitrogens is 3. The van der Waals surface area contributed by atoms with Crippen molar-refractivity contribution in [3.8, 4) is 0 Å². The molecule has 25 heavy (non-hydrogen) atoms. The summed E-state index contributed by atoms with van der Waals surface area (Å²) >= 11 is 6.24. The minimum absolute atomic E-state index is 0.347. The van der Waals surface area contributed by atoms with Crippen molar-refractivity contribution in [3.05, 3.63) is 23.2 Å². The van der Waals surface area contributed by atoms with Gasteiger partial charge in [-0.05, 0) is 12.1 Å². The quantitative estimate of drug-likeness (QED) is 0.470. The van der Waals surface area contributed by atoms with Gasteiger partial charge in [0, 0.05) is 40.7 Å². The largest absolute Gasteiger partial charge is 0.383 e. The number of hydrogen-bond donors (Lipinski definition) is 1. The van der Waals surface area contributed by atoms with Gasteiger partial charge in [-0.15, -0.1) is 0 Å². The first-order chi connectivity index (χ1) is 11.8. The molecule has 0 spiro atoms. The maximum Gasteiger partial charge on any atom is 0.147 e. The van der Waals surface area contributed by atoms with E-state index in [4.69, 9.17) is 21.1 Å². The molecule has 0 bridgehead atoms. The third-order valence-corrected chi connectivity index (χ3v) is 6.66. The van der Waals surface area contributed by atoms with Gasteiger partial charge >= 0.3 is 0 Å². The van der Waals surface area contributed by atoms with Crippen LogP contribution >= 0.6 is 11.6 Å². The minimum atomic E-state index is -1.15. The molecule has 1 saturated heterocycles. The fourth-order valence-corrected chi connectivity index (χ4v) is 3.99. The van der Waals surface area contributed by atoms with Gasteiger partial charge < -0.3 is 19.1 Å². The van der Waals surface area contributed by atoms with Crippen molar-refractivity contribution in [1.82, 2.24) is 14.5 Å². The van der Waals surface area contributed by atoms with E-state index in [9.17, 15) is 5.11 Å². The molecule has 0 saturated carbocycles. The minimum Gasteiger partial charge on any atom is -0.383 e. The fourth-order valence-electron chi connectivity index (χ4n) is 3.05. The smallest absolute Gasteiger partial charge is 0.147 e. The molecule has 1 fully saturated rings. The standard InChI is InChI=1S/C17H26ClN3O3Si/c1-25(2,3)9-8-24-12-21-14(17(22)4-6-23-7-5-17)10-13-15(18)19-11-20-16(13)21/h10-11,22H,4-9,12H2,1-3H3. The zero-order chi connectivity index (χ0) is 18.1. The third-order valence-electron chi connectivity index (χ3n) is 4.66. The number of fused-ring (bicyclic) bond motifs is 1. The van der Waals surface area contributed by atoms with Gasteiger partial charge in [-0.1, -0.05) is 31.2 Å². The van der Waals surface area contributed by atoms with E-state index in [1.54, 1.807) is 0 Å². The van der Waals surface area contributed by atoms with Crippen LogP contribution in [0.3, 0.4) is 0 Å². The number of halogens is 1. The predicted octanol–water partition coefficient (Wildman–Crippen LogP) is 3.40. The lowest BCUT2D eigenvalue weighted by atomic mass is 9.90. The second kappa shape index (κ2) is 7.32. The topological polar surface area (TPSA) is 69.4 Å². The Morgan fingerprint density at radius 2 is 2.04 bits per heavy atom. The fraction of sp³-hybridized carbons (Fsp3) is 0.647. The van der Waals surface area contributed by atoms with Gasteiger partial charge in [-0.2, -0.15) is 0 Å². The molecule has 138 valence electrons. The van der Waals surface area contributed by atoms with Crippen LogP contribution in [0.5, 0.6) is 0 Å². The molecule has 1 aliphatic heterocycles. The summed E-state index contributed by atoms with van der Waals surface area (Å²) in [7, 11) is -1.15. The van der Waals surface area contributed by atoms with Crippen LogP contribution in [-0.2, 0) is 21.8 Å². The van der Waals surface area contributed by atoms with E-state index in [0.29, 0.717) is 50.2 Å². The Labute approximate surface area is 154 Å². The Morgan fingerprint density at radius 1 is 1.32 bits per heavy atom. The summed E-state index contributed by atoms with van der Waals surface area (Å²) in [6.07, 6.45) is 2.54. The van der Waals surface area contributed by atoms with E-state index in [2.05, 4.69) is 29.6 Å². The zero-order valence-electron chi connectivity index (χ0n) is 15.1. The lowest BCUT2D eigenvalue weighted by Gasteiger charge is -2.33. The van der Waals surface area contributed by atoms with E-state index in [1.165, 1.54) is 6.33 Å². The summed E-state index contributed by atoms with van der Waals surface area (Å²) in [4.78, 5) is 8.43. The van der Waals surface area contributed by atoms with Gasteiger partial charge in [-0.25, -0.2) is 9.97 Å². The molecule has 2 aromatic heterocycles. The van der Waals surface area contributed by atoms with Crippen molar-refractivity contribution in [2.75, 3.05) is 19.8 Å². The van der Waals surface area contributed by atoms with Gasteiger partial charge in [0.1, 0.15) is 29.5 Å². The van der Waals surface area contributed by atoms with E-state index in [0.717, 1.165) is 17.1 Å². The van der Waals surface area contributed by atoms with Gasteiger partial charge in [0.25, 0.3) is 0 Å². The Kier molecular flexibility index (Phi) is 5.50. The van der Waals surface area contributed by atoms with Crippen molar-refractivity contribution < 1.29 is 14.6 Å². The highest BCUT2D eigenvalue weighted by molar-refractivity contribution is 6.76. The summed E-state index contributed by atoms with van der Waals surface area (Å²) in [5.41, 5.74) is 0.522. The summed E-state index contributed by atoms with van der Waals surface area (Å²) in [6.45, 7) is 9.09. The van der Waals surface area contributed by atoms with Crippen LogP contribution in [0.1, 0.15) is 18.5 Å². The average molecular weight is 384 g/mol. The molecule has 3 heterocycles. The molecular weight excluding hydrogens is 358 g/mol. The summed E-state index contributed by atoms with van der Waals surface area (Å²) in [5.74, 6) is 0. The van der Waals surface area contributed by atoms with Crippen LogP contribution in [-0.4, -0.2) is 47.5 Å². The highest BCUT2D eigenvalue weighted by Crippen LogP contribution is 2.36. The van der Waals surface area contributed by atoms with E-state index >= 15 is 0 Å². The lowest BCUT2D eigenvalue weighted by Crippen LogP contribution is -2.35. The average Bonchev–Trinajstić information content (AvgIpc) is 2.92. The molecule has 6 nitrogen and oxygen atoms in total. The SMILES string of the molecule is C[Si](C)(C)CCOCn1c(C2(O)CCOCC2)cc2c(Cl)ncnc21. The molecule has 0 amide bonds. The van der Waals surface area contributed by atoms with Gasteiger partial charge in [0.2, 0.25) is 0 Å². The van der Waals surface area contributed by atoms with E-state index in [1.807, 2.05) is 10.6 Å². The Hall–Kier alpha value is -0.993. The zero-order valence-corrected chi connectivity index (χ0v) is 16.8. The number of hydrogen-bond acceptors (Lipinski definition) is 5. The number of nitrogens with zero attached hydrogens (tertiary/aromatic N) is 3. The van der Waals surface area contributed by atoms with Crippen LogP contribution in [0.4, 0.5) is 0 Å². The maximum atomic E-state index is 11.2. The van der Waals surface area contributed by atoms with Gasteiger partial charge in [0.05, 0.1) is 11.1 Å². The molecule has 3 rings (SSSR count). The molecule has 0 atom stereocenters. The number of aliphatic hydroxyl groups is 1. The van der Waals surface area contributed by atoms with Gasteiger partial charge in [0.15, 0.2) is 0 Å². The normalized spacial score (nSPS) is 18.0. The number of rotatable bonds is 6. The molecule has 1 N–H and O–H groups in total. The first-order valence-corrected chi connectivity index (χ1v) is 12.8. The second-order valence-electron chi connectivity index (χ2n) is 7.85. The van der Waals surface area contributed by atoms with Crippen LogP contribution in [0.25, 0.3) is 11.0 Å². The monoisotopic (exact) mass is 383 g/mol. The molecule has 0 radical (unpaired) electrons. The third kappa shape index (κ3) is 4.23. The molecule has 0 unspecified atom stereocenters. The molecule has 2 aromatic rings. The van der Waals surface area contributed by atoms with Crippen molar-refractivity contribution in [2.24, 2.45) is 0 Å². The summed E-state index contributed by atoms with van der Waals surface area (Å²) < 4.78 is 13.3. The van der Waals surface area contributed by atoms with Crippen molar-refractivity contribution in [3.63, 3.8) is 0 Å². The van der Waals surface area contributed by atoms with Crippen molar-refractivity contribution in [1.29, 1.82) is 0 Å². The van der Waals surface area contributed by atoms with Crippen LogP contribution in [0.2, 0.25) is 30.8 Å².